The highest BCUT2D eigenvalue weighted by atomic mass is 16.7. The van der Waals surface area contributed by atoms with Gasteiger partial charge in [-0.3, -0.25) is 0 Å². The maximum absolute atomic E-state index is 13.2. The molecule has 0 bridgehead atoms. The number of aromatic nitrogens is 2. The van der Waals surface area contributed by atoms with E-state index >= 15 is 0 Å². The summed E-state index contributed by atoms with van der Waals surface area (Å²) >= 11 is 0. The maximum atomic E-state index is 13.2. The molecule has 34 heavy (non-hydrogen) atoms. The molecule has 9 nitrogen and oxygen atoms in total. The molecule has 3 heterocycles. The van der Waals surface area contributed by atoms with Gasteiger partial charge >= 0.3 is 6.03 Å². The first-order valence-corrected chi connectivity index (χ1v) is 11.9. The molecule has 0 radical (unpaired) electrons. The number of anilines is 1. The third-order valence-electron chi connectivity index (χ3n) is 6.09. The van der Waals surface area contributed by atoms with E-state index in [1.54, 1.807) is 38.5 Å². The Morgan fingerprint density at radius 1 is 1.21 bits per heavy atom. The topological polar surface area (TPSA) is 97.8 Å². The van der Waals surface area contributed by atoms with Gasteiger partial charge in [0.25, 0.3) is 0 Å². The predicted octanol–water partition coefficient (Wildman–Crippen LogP) is 3.56. The maximum Gasteiger partial charge on any atom is 0.318 e. The number of amides is 2. The van der Waals surface area contributed by atoms with Crippen LogP contribution in [-0.2, 0) is 22.3 Å². The van der Waals surface area contributed by atoms with Crippen LogP contribution in [0.2, 0.25) is 0 Å². The van der Waals surface area contributed by atoms with Crippen LogP contribution in [-0.4, -0.2) is 68.2 Å². The van der Waals surface area contributed by atoms with Crippen molar-refractivity contribution < 1.29 is 19.0 Å². The van der Waals surface area contributed by atoms with E-state index in [2.05, 4.69) is 27.8 Å². The summed E-state index contributed by atoms with van der Waals surface area (Å²) in [6.07, 6.45) is 5.75. The fourth-order valence-electron chi connectivity index (χ4n) is 4.18. The number of nitrogens with zero attached hydrogens (tertiary/aromatic N) is 3. The summed E-state index contributed by atoms with van der Waals surface area (Å²) in [4.78, 5) is 24.0. The number of ether oxygens (including phenoxy) is 3. The molecule has 0 fully saturated rings. The zero-order chi connectivity index (χ0) is 24.3. The monoisotopic (exact) mass is 471 g/mol. The molecule has 3 rings (SSSR count). The van der Waals surface area contributed by atoms with Gasteiger partial charge in [0, 0.05) is 45.3 Å². The second-order valence-electron chi connectivity index (χ2n) is 8.29. The second kappa shape index (κ2) is 13.1. The molecule has 1 unspecified atom stereocenters. The molecule has 0 saturated heterocycles. The van der Waals surface area contributed by atoms with Crippen molar-refractivity contribution in [2.45, 2.75) is 51.4 Å². The Kier molecular flexibility index (Phi) is 9.90. The zero-order valence-corrected chi connectivity index (χ0v) is 20.7. The minimum atomic E-state index is -0.529. The van der Waals surface area contributed by atoms with Crippen LogP contribution in [0.4, 0.5) is 10.6 Å². The first kappa shape index (κ1) is 25.7. The first-order valence-electron chi connectivity index (χ1n) is 11.9. The van der Waals surface area contributed by atoms with Gasteiger partial charge in [0.05, 0.1) is 19.7 Å². The van der Waals surface area contributed by atoms with E-state index in [-0.39, 0.29) is 12.1 Å². The highest BCUT2D eigenvalue weighted by Gasteiger charge is 2.27. The number of hydrogen-bond acceptors (Lipinski definition) is 7. The Morgan fingerprint density at radius 2 is 2.03 bits per heavy atom. The van der Waals surface area contributed by atoms with Crippen LogP contribution in [0.3, 0.4) is 0 Å². The molecule has 1 atom stereocenters. The van der Waals surface area contributed by atoms with Crippen molar-refractivity contribution in [1.82, 2.24) is 20.2 Å². The Morgan fingerprint density at radius 3 is 2.71 bits per heavy atom. The van der Waals surface area contributed by atoms with E-state index in [1.165, 1.54) is 5.56 Å². The number of hydrogen-bond donors (Lipinski definition) is 2. The standard InChI is InChI=1S/C25H37N5O4/c1-5-21(19-11-13-22(32-2)28-16-19)30(17-23(33-3)34-4)25(31)27-15-7-9-20-12-10-18-8-6-14-26-24(18)29-20/h10-13,16,21,23H,5-9,14-15,17H2,1-4H3,(H,26,29)(H,27,31). The van der Waals surface area contributed by atoms with Crippen molar-refractivity contribution >= 4 is 11.8 Å². The second-order valence-corrected chi connectivity index (χ2v) is 8.29. The third-order valence-corrected chi connectivity index (χ3v) is 6.09. The van der Waals surface area contributed by atoms with E-state index in [1.807, 2.05) is 13.0 Å². The van der Waals surface area contributed by atoms with E-state index in [0.29, 0.717) is 25.4 Å². The number of aryl methyl sites for hydroxylation is 2. The summed E-state index contributed by atoms with van der Waals surface area (Å²) in [6.45, 7) is 3.85. The first-order chi connectivity index (χ1) is 16.6. The number of methoxy groups -OCH3 is 3. The third kappa shape index (κ3) is 6.80. The molecular formula is C25H37N5O4. The zero-order valence-electron chi connectivity index (χ0n) is 20.7. The lowest BCUT2D eigenvalue weighted by Crippen LogP contribution is -2.46. The normalized spacial score (nSPS) is 13.7. The number of carbonyl (C=O) groups excluding carboxylic acids is 1. The Balaban J connectivity index is 1.62. The summed E-state index contributed by atoms with van der Waals surface area (Å²) in [5.74, 6) is 1.54. The largest absolute Gasteiger partial charge is 0.481 e. The van der Waals surface area contributed by atoms with E-state index in [4.69, 9.17) is 19.2 Å². The number of carbonyl (C=O) groups is 1. The van der Waals surface area contributed by atoms with E-state index in [9.17, 15) is 4.79 Å². The molecule has 186 valence electrons. The molecule has 1 aliphatic rings. The van der Waals surface area contributed by atoms with Gasteiger partial charge in [-0.15, -0.1) is 0 Å². The lowest BCUT2D eigenvalue weighted by atomic mass is 10.0. The summed E-state index contributed by atoms with van der Waals surface area (Å²) in [5, 5.41) is 6.44. The Bertz CT molecular complexity index is 905. The average molecular weight is 472 g/mol. The fourth-order valence-corrected chi connectivity index (χ4v) is 4.18. The van der Waals surface area contributed by atoms with Crippen LogP contribution in [0.15, 0.2) is 30.5 Å². The van der Waals surface area contributed by atoms with Gasteiger partial charge in [0.1, 0.15) is 5.82 Å². The van der Waals surface area contributed by atoms with Gasteiger partial charge in [-0.2, -0.15) is 0 Å². The lowest BCUT2D eigenvalue weighted by molar-refractivity contribution is -0.114. The SMILES string of the molecule is CCC(c1ccc(OC)nc1)N(CC(OC)OC)C(=O)NCCCc1ccc2c(n1)NCCC2. The number of urea groups is 1. The molecule has 2 aromatic rings. The van der Waals surface area contributed by atoms with Crippen molar-refractivity contribution in [3.05, 3.63) is 47.3 Å². The van der Waals surface area contributed by atoms with Gasteiger partial charge in [0.2, 0.25) is 5.88 Å². The van der Waals surface area contributed by atoms with Crippen LogP contribution in [0.1, 0.15) is 49.0 Å². The summed E-state index contributed by atoms with van der Waals surface area (Å²) in [5.41, 5.74) is 3.24. The quantitative estimate of drug-likeness (QED) is 0.361. The van der Waals surface area contributed by atoms with Crippen LogP contribution in [0, 0.1) is 0 Å². The van der Waals surface area contributed by atoms with Crippen LogP contribution in [0.25, 0.3) is 0 Å². The number of fused-ring (bicyclic) bond motifs is 1. The Labute approximate surface area is 202 Å². The van der Waals surface area contributed by atoms with Gasteiger partial charge in [-0.05, 0) is 49.3 Å². The number of pyridine rings is 2. The molecule has 1 aliphatic heterocycles. The van der Waals surface area contributed by atoms with Gasteiger partial charge in [-0.25, -0.2) is 14.8 Å². The molecule has 9 heteroatoms. The highest BCUT2D eigenvalue weighted by molar-refractivity contribution is 5.74. The molecule has 0 aliphatic carbocycles. The summed E-state index contributed by atoms with van der Waals surface area (Å²) in [7, 11) is 4.72. The minimum absolute atomic E-state index is 0.165. The number of nitrogens with one attached hydrogen (secondary N) is 2. The molecule has 0 spiro atoms. The van der Waals surface area contributed by atoms with Crippen molar-refractivity contribution in [3.63, 3.8) is 0 Å². The molecule has 2 aromatic heterocycles. The number of rotatable bonds is 12. The summed E-state index contributed by atoms with van der Waals surface area (Å²) in [6, 6.07) is 7.64. The fraction of sp³-hybridized carbons (Fsp3) is 0.560. The van der Waals surface area contributed by atoms with Crippen molar-refractivity contribution in [2.24, 2.45) is 0 Å². The lowest BCUT2D eigenvalue weighted by Gasteiger charge is -2.33. The highest BCUT2D eigenvalue weighted by Crippen LogP contribution is 2.26. The minimum Gasteiger partial charge on any atom is -0.481 e. The molecule has 2 N–H and O–H groups in total. The molecule has 0 aromatic carbocycles. The van der Waals surface area contributed by atoms with Crippen LogP contribution in [0.5, 0.6) is 5.88 Å². The molecular weight excluding hydrogens is 434 g/mol. The van der Waals surface area contributed by atoms with Crippen LogP contribution < -0.4 is 15.4 Å². The predicted molar refractivity (Wildman–Crippen MR) is 131 cm³/mol. The van der Waals surface area contributed by atoms with E-state index in [0.717, 1.165) is 49.3 Å². The molecule has 2 amide bonds. The van der Waals surface area contributed by atoms with Gasteiger partial charge < -0.3 is 29.7 Å². The van der Waals surface area contributed by atoms with Gasteiger partial charge in [0.15, 0.2) is 6.29 Å². The smallest absolute Gasteiger partial charge is 0.318 e. The van der Waals surface area contributed by atoms with Crippen molar-refractivity contribution in [3.8, 4) is 5.88 Å². The average Bonchev–Trinajstić information content (AvgIpc) is 2.89. The summed E-state index contributed by atoms with van der Waals surface area (Å²) < 4.78 is 15.9. The van der Waals surface area contributed by atoms with Crippen molar-refractivity contribution in [1.29, 1.82) is 0 Å². The van der Waals surface area contributed by atoms with Crippen molar-refractivity contribution in [2.75, 3.05) is 46.3 Å². The molecule has 0 saturated carbocycles. The van der Waals surface area contributed by atoms with E-state index < -0.39 is 6.29 Å². The van der Waals surface area contributed by atoms with Crippen LogP contribution >= 0.6 is 0 Å². The van der Waals surface area contributed by atoms with Gasteiger partial charge in [-0.1, -0.05) is 19.1 Å². The Hall–Kier alpha value is -2.91.